The van der Waals surface area contributed by atoms with Crippen LogP contribution in [-0.2, 0) is 6.42 Å². The highest BCUT2D eigenvalue weighted by molar-refractivity contribution is 5.93. The van der Waals surface area contributed by atoms with E-state index >= 15 is 0 Å². The van der Waals surface area contributed by atoms with Crippen LogP contribution in [0, 0.1) is 6.92 Å². The summed E-state index contributed by atoms with van der Waals surface area (Å²) in [5, 5.41) is 8.79. The standard InChI is InChI=1S/C22H19N3O2/c1-14-10-19-20(13-18(14)16-7-3-2-4-8-16)24-21(23-19)12-15-6-5-9-17(11-15)22(26)25-27/h2-11,13,27H,12H2,1H3,(H,23,24)(H,25,26). The molecule has 3 N–H and O–H groups in total. The maximum atomic E-state index is 11.6. The topological polar surface area (TPSA) is 78.0 Å². The maximum Gasteiger partial charge on any atom is 0.274 e. The number of rotatable bonds is 4. The van der Waals surface area contributed by atoms with E-state index in [9.17, 15) is 4.79 Å². The zero-order valence-electron chi connectivity index (χ0n) is 14.9. The van der Waals surface area contributed by atoms with Gasteiger partial charge in [-0.05, 0) is 53.4 Å². The SMILES string of the molecule is Cc1cc2[nH]c(Cc3cccc(C(=O)NO)c3)nc2cc1-c1ccccc1. The van der Waals surface area contributed by atoms with Crippen molar-refractivity contribution in [3.8, 4) is 11.1 Å². The lowest BCUT2D eigenvalue weighted by Gasteiger charge is -2.05. The van der Waals surface area contributed by atoms with Crippen molar-refractivity contribution in [3.05, 3.63) is 89.2 Å². The number of hydrogen-bond donors (Lipinski definition) is 3. The van der Waals surface area contributed by atoms with Gasteiger partial charge >= 0.3 is 0 Å². The van der Waals surface area contributed by atoms with E-state index in [4.69, 9.17) is 10.2 Å². The molecule has 0 saturated heterocycles. The van der Waals surface area contributed by atoms with Crippen LogP contribution < -0.4 is 5.48 Å². The number of aryl methyl sites for hydroxylation is 1. The molecule has 0 bridgehead atoms. The summed E-state index contributed by atoms with van der Waals surface area (Å²) in [6.45, 7) is 2.10. The van der Waals surface area contributed by atoms with Gasteiger partial charge in [-0.25, -0.2) is 10.5 Å². The predicted molar refractivity (Wildman–Crippen MR) is 105 cm³/mol. The van der Waals surface area contributed by atoms with Crippen molar-refractivity contribution in [1.82, 2.24) is 15.4 Å². The van der Waals surface area contributed by atoms with Crippen molar-refractivity contribution >= 4 is 16.9 Å². The smallest absolute Gasteiger partial charge is 0.274 e. The number of nitrogens with one attached hydrogen (secondary N) is 2. The first kappa shape index (κ1) is 17.0. The van der Waals surface area contributed by atoms with Crippen molar-refractivity contribution < 1.29 is 10.0 Å². The second-order valence-electron chi connectivity index (χ2n) is 6.55. The number of hydrogen-bond acceptors (Lipinski definition) is 3. The molecule has 0 radical (unpaired) electrons. The van der Waals surface area contributed by atoms with Crippen molar-refractivity contribution in [2.24, 2.45) is 0 Å². The molecule has 4 aromatic rings. The summed E-state index contributed by atoms with van der Waals surface area (Å²) in [5.74, 6) is 0.306. The number of H-pyrrole nitrogens is 1. The summed E-state index contributed by atoms with van der Waals surface area (Å²) in [6, 6.07) is 21.6. The maximum absolute atomic E-state index is 11.6. The second-order valence-corrected chi connectivity index (χ2v) is 6.55. The fourth-order valence-electron chi connectivity index (χ4n) is 3.31. The van der Waals surface area contributed by atoms with Gasteiger partial charge in [-0.2, -0.15) is 0 Å². The Morgan fingerprint density at radius 1 is 1.07 bits per heavy atom. The molecule has 4 rings (SSSR count). The lowest BCUT2D eigenvalue weighted by Crippen LogP contribution is -2.18. The summed E-state index contributed by atoms with van der Waals surface area (Å²) in [6.07, 6.45) is 0.570. The number of carbonyl (C=O) groups is 1. The number of carbonyl (C=O) groups excluding carboxylic acids is 1. The molecule has 0 aliphatic rings. The Labute approximate surface area is 156 Å². The first-order valence-corrected chi connectivity index (χ1v) is 8.72. The molecular weight excluding hydrogens is 338 g/mol. The van der Waals surface area contributed by atoms with E-state index in [0.29, 0.717) is 12.0 Å². The van der Waals surface area contributed by atoms with Crippen LogP contribution in [0.4, 0.5) is 0 Å². The fraction of sp³-hybridized carbons (Fsp3) is 0.0909. The van der Waals surface area contributed by atoms with E-state index in [1.165, 1.54) is 16.7 Å². The Balaban J connectivity index is 1.67. The molecule has 3 aromatic carbocycles. The van der Waals surface area contributed by atoms with E-state index < -0.39 is 5.91 Å². The van der Waals surface area contributed by atoms with Gasteiger partial charge in [0.2, 0.25) is 0 Å². The highest BCUT2D eigenvalue weighted by atomic mass is 16.5. The van der Waals surface area contributed by atoms with Crippen molar-refractivity contribution in [2.45, 2.75) is 13.3 Å². The minimum absolute atomic E-state index is 0.410. The third-order valence-electron chi connectivity index (χ3n) is 4.62. The van der Waals surface area contributed by atoms with Crippen molar-refractivity contribution in [2.75, 3.05) is 0 Å². The quantitative estimate of drug-likeness (QED) is 0.377. The van der Waals surface area contributed by atoms with Gasteiger partial charge in [0.25, 0.3) is 5.91 Å². The number of aromatic amines is 1. The van der Waals surface area contributed by atoms with Crippen LogP contribution in [0.15, 0.2) is 66.7 Å². The van der Waals surface area contributed by atoms with E-state index in [-0.39, 0.29) is 0 Å². The van der Waals surface area contributed by atoms with Gasteiger partial charge in [0.1, 0.15) is 5.82 Å². The Morgan fingerprint density at radius 3 is 2.67 bits per heavy atom. The number of hydroxylamine groups is 1. The van der Waals surface area contributed by atoms with Crippen LogP contribution in [0.3, 0.4) is 0 Å². The molecule has 0 atom stereocenters. The average molecular weight is 357 g/mol. The summed E-state index contributed by atoms with van der Waals surface area (Å²) < 4.78 is 0. The molecule has 5 heteroatoms. The lowest BCUT2D eigenvalue weighted by molar-refractivity contribution is 0.0706. The van der Waals surface area contributed by atoms with E-state index in [0.717, 1.165) is 22.4 Å². The molecule has 134 valence electrons. The number of nitrogens with zero attached hydrogens (tertiary/aromatic N) is 1. The third-order valence-corrected chi connectivity index (χ3v) is 4.62. The van der Waals surface area contributed by atoms with Gasteiger partial charge in [-0.15, -0.1) is 0 Å². The van der Waals surface area contributed by atoms with Gasteiger partial charge < -0.3 is 4.98 Å². The molecule has 0 aliphatic heterocycles. The third kappa shape index (κ3) is 3.45. The molecule has 0 fully saturated rings. The van der Waals surface area contributed by atoms with Gasteiger partial charge in [-0.1, -0.05) is 42.5 Å². The van der Waals surface area contributed by atoms with Gasteiger partial charge in [0, 0.05) is 12.0 Å². The largest absolute Gasteiger partial charge is 0.342 e. The first-order valence-electron chi connectivity index (χ1n) is 8.72. The summed E-state index contributed by atoms with van der Waals surface area (Å²) >= 11 is 0. The summed E-state index contributed by atoms with van der Waals surface area (Å²) in [7, 11) is 0. The van der Waals surface area contributed by atoms with E-state index in [1.54, 1.807) is 23.7 Å². The minimum atomic E-state index is -0.524. The van der Waals surface area contributed by atoms with Gasteiger partial charge in [-0.3, -0.25) is 10.0 Å². The lowest BCUT2D eigenvalue weighted by atomic mass is 10.00. The molecule has 0 spiro atoms. The van der Waals surface area contributed by atoms with Gasteiger partial charge in [0.15, 0.2) is 0 Å². The Hall–Kier alpha value is -3.44. The molecule has 0 aliphatic carbocycles. The molecule has 0 unspecified atom stereocenters. The van der Waals surface area contributed by atoms with Crippen LogP contribution in [0.2, 0.25) is 0 Å². The van der Waals surface area contributed by atoms with Crippen LogP contribution in [0.1, 0.15) is 27.3 Å². The van der Waals surface area contributed by atoms with Crippen molar-refractivity contribution in [1.29, 1.82) is 0 Å². The average Bonchev–Trinajstić information content (AvgIpc) is 3.08. The summed E-state index contributed by atoms with van der Waals surface area (Å²) in [5.41, 5.74) is 8.44. The zero-order valence-corrected chi connectivity index (χ0v) is 14.9. The molecule has 1 amide bonds. The zero-order chi connectivity index (χ0) is 18.8. The fourth-order valence-corrected chi connectivity index (χ4v) is 3.31. The van der Waals surface area contributed by atoms with Crippen LogP contribution in [0.5, 0.6) is 0 Å². The van der Waals surface area contributed by atoms with Crippen molar-refractivity contribution in [3.63, 3.8) is 0 Å². The number of aromatic nitrogens is 2. The van der Waals surface area contributed by atoms with E-state index in [1.807, 2.05) is 24.3 Å². The first-order chi connectivity index (χ1) is 13.1. The molecule has 0 saturated carbocycles. The number of benzene rings is 3. The Kier molecular flexibility index (Phi) is 4.44. The minimum Gasteiger partial charge on any atom is -0.342 e. The Bertz CT molecular complexity index is 1120. The second kappa shape index (κ2) is 7.05. The van der Waals surface area contributed by atoms with Crippen LogP contribution in [0.25, 0.3) is 22.2 Å². The molecule has 1 aromatic heterocycles. The van der Waals surface area contributed by atoms with Crippen LogP contribution >= 0.6 is 0 Å². The number of imidazole rings is 1. The molecule has 27 heavy (non-hydrogen) atoms. The van der Waals surface area contributed by atoms with Crippen LogP contribution in [-0.4, -0.2) is 21.1 Å². The Morgan fingerprint density at radius 2 is 1.89 bits per heavy atom. The monoisotopic (exact) mass is 357 g/mol. The highest BCUT2D eigenvalue weighted by Crippen LogP contribution is 2.27. The number of fused-ring (bicyclic) bond motifs is 1. The molecule has 5 nitrogen and oxygen atoms in total. The molecule has 1 heterocycles. The molecular formula is C22H19N3O2. The van der Waals surface area contributed by atoms with Gasteiger partial charge in [0.05, 0.1) is 11.0 Å². The predicted octanol–water partition coefficient (Wildman–Crippen LogP) is 4.25. The summed E-state index contributed by atoms with van der Waals surface area (Å²) in [4.78, 5) is 19.7. The number of amides is 1. The normalized spacial score (nSPS) is 10.9. The van der Waals surface area contributed by atoms with E-state index in [2.05, 4.69) is 36.2 Å². The highest BCUT2D eigenvalue weighted by Gasteiger charge is 2.10.